The van der Waals surface area contributed by atoms with Gasteiger partial charge in [-0.15, -0.1) is 0 Å². The minimum absolute atomic E-state index is 0.541. The van der Waals surface area contributed by atoms with E-state index < -0.39 is 0 Å². The van der Waals surface area contributed by atoms with E-state index >= 15 is 0 Å². The van der Waals surface area contributed by atoms with Crippen LogP contribution in [0.5, 0.6) is 0 Å². The zero-order chi connectivity index (χ0) is 12.0. The lowest BCUT2D eigenvalue weighted by atomic mass is 10.0. The Hall–Kier alpha value is -0.600. The summed E-state index contributed by atoms with van der Waals surface area (Å²) in [6.07, 6.45) is 6.72. The van der Waals surface area contributed by atoms with Crippen molar-refractivity contribution in [2.24, 2.45) is 5.92 Å². The zero-order valence-electron chi connectivity index (χ0n) is 11.1. The third-order valence-electron chi connectivity index (χ3n) is 3.16. The molecule has 1 rings (SSSR count). The molecule has 0 saturated carbocycles. The van der Waals surface area contributed by atoms with Crippen LogP contribution in [-0.4, -0.2) is 37.2 Å². The molecule has 0 amide bonds. The molecular formula is C14H25NO. The molecule has 0 aromatic heterocycles. The second kappa shape index (κ2) is 6.87. The summed E-state index contributed by atoms with van der Waals surface area (Å²) in [6, 6.07) is 0.541. The number of hydrogen-bond acceptors (Lipinski definition) is 2. The standard InChI is InChI=1S/C14H25NO/c1-5-13(4)6-7-14(12(2)3)15-8-10-16-11-9-15/h5-7,12,14H,8-11H2,1-4H3/b7-6+,13-5+. The Morgan fingerprint density at radius 2 is 1.88 bits per heavy atom. The van der Waals surface area contributed by atoms with Gasteiger partial charge in [-0.05, 0) is 19.8 Å². The fourth-order valence-corrected chi connectivity index (χ4v) is 1.99. The van der Waals surface area contributed by atoms with E-state index in [1.54, 1.807) is 0 Å². The molecule has 0 aromatic rings. The molecule has 1 aliphatic rings. The second-order valence-electron chi connectivity index (χ2n) is 4.77. The normalized spacial score (nSPS) is 21.9. The minimum atomic E-state index is 0.541. The number of rotatable bonds is 4. The van der Waals surface area contributed by atoms with Crippen LogP contribution in [0, 0.1) is 5.92 Å². The summed E-state index contributed by atoms with van der Waals surface area (Å²) in [5.41, 5.74) is 1.33. The largest absolute Gasteiger partial charge is 0.379 e. The lowest BCUT2D eigenvalue weighted by Gasteiger charge is -2.35. The minimum Gasteiger partial charge on any atom is -0.379 e. The van der Waals surface area contributed by atoms with E-state index in [2.05, 4.69) is 50.8 Å². The SMILES string of the molecule is C/C=C(C)/C=C/C(C(C)C)N1CCOCC1. The molecule has 1 unspecified atom stereocenters. The molecule has 92 valence electrons. The summed E-state index contributed by atoms with van der Waals surface area (Å²) < 4.78 is 5.40. The van der Waals surface area contributed by atoms with Gasteiger partial charge >= 0.3 is 0 Å². The smallest absolute Gasteiger partial charge is 0.0594 e. The third kappa shape index (κ3) is 4.11. The molecule has 1 heterocycles. The molecule has 0 aliphatic carbocycles. The van der Waals surface area contributed by atoms with Gasteiger partial charge in [0.05, 0.1) is 13.2 Å². The summed E-state index contributed by atoms with van der Waals surface area (Å²) in [5.74, 6) is 0.652. The van der Waals surface area contributed by atoms with Gasteiger partial charge < -0.3 is 4.74 Å². The van der Waals surface area contributed by atoms with Gasteiger partial charge in [-0.3, -0.25) is 4.90 Å². The number of allylic oxidation sites excluding steroid dienone is 3. The van der Waals surface area contributed by atoms with Crippen molar-refractivity contribution in [1.29, 1.82) is 0 Å². The highest BCUT2D eigenvalue weighted by atomic mass is 16.5. The summed E-state index contributed by atoms with van der Waals surface area (Å²) in [7, 11) is 0. The fraction of sp³-hybridized carbons (Fsp3) is 0.714. The first-order valence-corrected chi connectivity index (χ1v) is 6.28. The number of morpholine rings is 1. The van der Waals surface area contributed by atoms with Crippen molar-refractivity contribution in [3.63, 3.8) is 0 Å². The summed E-state index contributed by atoms with van der Waals surface area (Å²) in [4.78, 5) is 2.52. The molecule has 1 atom stereocenters. The van der Waals surface area contributed by atoms with Crippen LogP contribution in [0.3, 0.4) is 0 Å². The van der Waals surface area contributed by atoms with E-state index in [1.165, 1.54) is 5.57 Å². The van der Waals surface area contributed by atoms with Crippen molar-refractivity contribution >= 4 is 0 Å². The van der Waals surface area contributed by atoms with Crippen LogP contribution in [0.2, 0.25) is 0 Å². The van der Waals surface area contributed by atoms with E-state index in [9.17, 15) is 0 Å². The van der Waals surface area contributed by atoms with Crippen LogP contribution in [0.4, 0.5) is 0 Å². The molecule has 2 nitrogen and oxygen atoms in total. The topological polar surface area (TPSA) is 12.5 Å². The fourth-order valence-electron chi connectivity index (χ4n) is 1.99. The monoisotopic (exact) mass is 223 g/mol. The van der Waals surface area contributed by atoms with Crippen molar-refractivity contribution in [3.05, 3.63) is 23.8 Å². The van der Waals surface area contributed by atoms with Gasteiger partial charge in [0.2, 0.25) is 0 Å². The molecule has 16 heavy (non-hydrogen) atoms. The molecule has 0 spiro atoms. The van der Waals surface area contributed by atoms with Gasteiger partial charge in [-0.1, -0.05) is 37.6 Å². The molecule has 0 aromatic carbocycles. The Morgan fingerprint density at radius 3 is 2.38 bits per heavy atom. The first kappa shape index (κ1) is 13.5. The molecular weight excluding hydrogens is 198 g/mol. The molecule has 1 saturated heterocycles. The van der Waals surface area contributed by atoms with Crippen LogP contribution >= 0.6 is 0 Å². The van der Waals surface area contributed by atoms with Crippen LogP contribution in [-0.2, 0) is 4.74 Å². The lowest BCUT2D eigenvalue weighted by molar-refractivity contribution is 0.0174. The predicted molar refractivity (Wildman–Crippen MR) is 69.6 cm³/mol. The van der Waals surface area contributed by atoms with Crippen LogP contribution < -0.4 is 0 Å². The number of ether oxygens (including phenoxy) is 1. The highest BCUT2D eigenvalue weighted by molar-refractivity contribution is 5.17. The van der Waals surface area contributed by atoms with Crippen molar-refractivity contribution in [1.82, 2.24) is 4.90 Å². The molecule has 1 fully saturated rings. The second-order valence-corrected chi connectivity index (χ2v) is 4.77. The van der Waals surface area contributed by atoms with E-state index in [0.717, 1.165) is 26.3 Å². The number of nitrogens with zero attached hydrogens (tertiary/aromatic N) is 1. The first-order chi connectivity index (χ1) is 7.65. The Bertz CT molecular complexity index is 249. The van der Waals surface area contributed by atoms with Crippen LogP contribution in [0.1, 0.15) is 27.7 Å². The van der Waals surface area contributed by atoms with Crippen molar-refractivity contribution in [2.75, 3.05) is 26.3 Å². The molecule has 2 heteroatoms. The van der Waals surface area contributed by atoms with Crippen LogP contribution in [0.15, 0.2) is 23.8 Å². The van der Waals surface area contributed by atoms with Gasteiger partial charge in [-0.2, -0.15) is 0 Å². The number of hydrogen-bond donors (Lipinski definition) is 0. The van der Waals surface area contributed by atoms with Crippen LogP contribution in [0.25, 0.3) is 0 Å². The van der Waals surface area contributed by atoms with Crippen molar-refractivity contribution in [2.45, 2.75) is 33.7 Å². The predicted octanol–water partition coefficient (Wildman–Crippen LogP) is 2.87. The first-order valence-electron chi connectivity index (χ1n) is 6.28. The summed E-state index contributed by atoms with van der Waals surface area (Å²) in [5, 5.41) is 0. The molecule has 1 aliphatic heterocycles. The maximum absolute atomic E-state index is 5.40. The Labute approximate surface area is 100.0 Å². The van der Waals surface area contributed by atoms with Gasteiger partial charge in [0, 0.05) is 19.1 Å². The van der Waals surface area contributed by atoms with Crippen molar-refractivity contribution in [3.8, 4) is 0 Å². The Kier molecular flexibility index (Phi) is 5.78. The maximum Gasteiger partial charge on any atom is 0.0594 e. The average molecular weight is 223 g/mol. The molecule has 0 bridgehead atoms. The summed E-state index contributed by atoms with van der Waals surface area (Å²) in [6.45, 7) is 12.7. The molecule has 0 radical (unpaired) electrons. The van der Waals surface area contributed by atoms with E-state index in [1.807, 2.05) is 0 Å². The Morgan fingerprint density at radius 1 is 1.25 bits per heavy atom. The highest BCUT2D eigenvalue weighted by Gasteiger charge is 2.21. The third-order valence-corrected chi connectivity index (χ3v) is 3.16. The van der Waals surface area contributed by atoms with Crippen molar-refractivity contribution < 1.29 is 4.74 Å². The van der Waals surface area contributed by atoms with Gasteiger partial charge in [0.1, 0.15) is 0 Å². The van der Waals surface area contributed by atoms with Gasteiger partial charge in [0.15, 0.2) is 0 Å². The van der Waals surface area contributed by atoms with E-state index in [0.29, 0.717) is 12.0 Å². The Balaban J connectivity index is 2.62. The zero-order valence-corrected chi connectivity index (χ0v) is 11.1. The quantitative estimate of drug-likeness (QED) is 0.680. The maximum atomic E-state index is 5.40. The van der Waals surface area contributed by atoms with E-state index in [4.69, 9.17) is 4.74 Å². The summed E-state index contributed by atoms with van der Waals surface area (Å²) >= 11 is 0. The average Bonchev–Trinajstić information content (AvgIpc) is 2.30. The van der Waals surface area contributed by atoms with Gasteiger partial charge in [-0.25, -0.2) is 0 Å². The lowest BCUT2D eigenvalue weighted by Crippen LogP contribution is -2.44. The van der Waals surface area contributed by atoms with E-state index in [-0.39, 0.29) is 0 Å². The molecule has 0 N–H and O–H groups in total. The highest BCUT2D eigenvalue weighted by Crippen LogP contribution is 2.15. The van der Waals surface area contributed by atoms with Gasteiger partial charge in [0.25, 0.3) is 0 Å².